The van der Waals surface area contributed by atoms with Gasteiger partial charge in [0.1, 0.15) is 10.4 Å². The molecule has 0 spiro atoms. The molecule has 4 rings (SSSR count). The van der Waals surface area contributed by atoms with Crippen LogP contribution in [0.3, 0.4) is 0 Å². The van der Waals surface area contributed by atoms with Crippen LogP contribution in [0.4, 0.5) is 5.69 Å². The maximum Gasteiger partial charge on any atom is 0.264 e. The van der Waals surface area contributed by atoms with Gasteiger partial charge >= 0.3 is 0 Å². The fourth-order valence-electron chi connectivity index (χ4n) is 3.49. The SMILES string of the molecule is C[C@H](c1ccccc1)N(C)C(=O)c1ccc(I)cc1NS(=O)(=O)c1cccc2nccnc12. The van der Waals surface area contributed by atoms with Crippen LogP contribution in [0.1, 0.15) is 28.9 Å². The van der Waals surface area contributed by atoms with Crippen molar-refractivity contribution >= 4 is 55.2 Å². The van der Waals surface area contributed by atoms with Crippen LogP contribution in [0.5, 0.6) is 0 Å². The van der Waals surface area contributed by atoms with E-state index >= 15 is 0 Å². The Balaban J connectivity index is 1.71. The van der Waals surface area contributed by atoms with Crippen molar-refractivity contribution in [2.45, 2.75) is 17.9 Å². The highest BCUT2D eigenvalue weighted by Crippen LogP contribution is 2.28. The molecule has 1 N–H and O–H groups in total. The average Bonchev–Trinajstić information content (AvgIpc) is 2.82. The fraction of sp³-hybridized carbons (Fsp3) is 0.125. The lowest BCUT2D eigenvalue weighted by Gasteiger charge is -2.26. The molecule has 0 saturated heterocycles. The van der Waals surface area contributed by atoms with Crippen LogP contribution >= 0.6 is 22.6 Å². The summed E-state index contributed by atoms with van der Waals surface area (Å²) in [6.45, 7) is 1.93. The third kappa shape index (κ3) is 4.83. The highest BCUT2D eigenvalue weighted by molar-refractivity contribution is 14.1. The van der Waals surface area contributed by atoms with Gasteiger partial charge < -0.3 is 4.90 Å². The van der Waals surface area contributed by atoms with Crippen LogP contribution < -0.4 is 4.72 Å². The predicted octanol–water partition coefficient (Wildman–Crippen LogP) is 4.87. The van der Waals surface area contributed by atoms with Gasteiger partial charge in [-0.05, 0) is 65.4 Å². The normalized spacial score (nSPS) is 12.3. The van der Waals surface area contributed by atoms with Crippen molar-refractivity contribution in [1.29, 1.82) is 0 Å². The number of hydrogen-bond acceptors (Lipinski definition) is 5. The van der Waals surface area contributed by atoms with Gasteiger partial charge in [-0.2, -0.15) is 0 Å². The number of carbonyl (C=O) groups is 1. The minimum Gasteiger partial charge on any atom is -0.335 e. The number of fused-ring (bicyclic) bond motifs is 1. The molecule has 0 aliphatic heterocycles. The Morgan fingerprint density at radius 2 is 1.73 bits per heavy atom. The van der Waals surface area contributed by atoms with E-state index in [4.69, 9.17) is 0 Å². The average molecular weight is 572 g/mol. The van der Waals surface area contributed by atoms with Gasteiger partial charge in [-0.25, -0.2) is 8.42 Å². The van der Waals surface area contributed by atoms with Crippen LogP contribution in [-0.4, -0.2) is 36.2 Å². The Labute approximate surface area is 206 Å². The Morgan fingerprint density at radius 1 is 1.00 bits per heavy atom. The van der Waals surface area contributed by atoms with Crippen molar-refractivity contribution in [3.63, 3.8) is 0 Å². The second kappa shape index (κ2) is 9.44. The molecular weight excluding hydrogens is 551 g/mol. The van der Waals surface area contributed by atoms with Crippen molar-refractivity contribution in [2.75, 3.05) is 11.8 Å². The second-order valence-corrected chi connectivity index (χ2v) is 10.4. The van der Waals surface area contributed by atoms with Crippen LogP contribution in [0.2, 0.25) is 0 Å². The third-order valence-corrected chi connectivity index (χ3v) is 7.46. The van der Waals surface area contributed by atoms with Crippen molar-refractivity contribution in [2.24, 2.45) is 0 Å². The number of para-hydroxylation sites is 1. The Kier molecular flexibility index (Phi) is 6.61. The highest BCUT2D eigenvalue weighted by atomic mass is 127. The predicted molar refractivity (Wildman–Crippen MR) is 136 cm³/mol. The van der Waals surface area contributed by atoms with E-state index < -0.39 is 10.0 Å². The van der Waals surface area contributed by atoms with Gasteiger partial charge in [0.2, 0.25) is 0 Å². The van der Waals surface area contributed by atoms with E-state index in [0.29, 0.717) is 5.52 Å². The monoisotopic (exact) mass is 572 g/mol. The van der Waals surface area contributed by atoms with E-state index in [9.17, 15) is 13.2 Å². The van der Waals surface area contributed by atoms with Gasteiger partial charge in [-0.15, -0.1) is 0 Å². The number of sulfonamides is 1. The molecule has 168 valence electrons. The van der Waals surface area contributed by atoms with Crippen molar-refractivity contribution in [3.05, 3.63) is 93.8 Å². The van der Waals surface area contributed by atoms with Crippen molar-refractivity contribution in [1.82, 2.24) is 14.9 Å². The molecule has 3 aromatic carbocycles. The first-order valence-electron chi connectivity index (χ1n) is 10.1. The summed E-state index contributed by atoms with van der Waals surface area (Å²) in [6, 6.07) is 19.3. The number of nitrogens with zero attached hydrogens (tertiary/aromatic N) is 3. The van der Waals surface area contributed by atoms with E-state index in [1.165, 1.54) is 18.5 Å². The number of halogens is 1. The Bertz CT molecular complexity index is 1420. The van der Waals surface area contributed by atoms with E-state index in [0.717, 1.165) is 9.13 Å². The molecule has 0 fully saturated rings. The summed E-state index contributed by atoms with van der Waals surface area (Å²) in [5.41, 5.74) is 2.18. The van der Waals surface area contributed by atoms with Gasteiger partial charge in [0.15, 0.2) is 0 Å². The van der Waals surface area contributed by atoms with Crippen molar-refractivity contribution < 1.29 is 13.2 Å². The molecule has 1 amide bonds. The standard InChI is InChI=1S/C24H21IN4O3S/c1-16(17-7-4-3-5-8-17)29(2)24(30)19-12-11-18(25)15-21(19)28-33(31,32)22-10-6-9-20-23(22)27-14-13-26-20/h3-16,28H,1-2H3/t16-/m1/s1. The summed E-state index contributed by atoms with van der Waals surface area (Å²) >= 11 is 2.08. The molecule has 33 heavy (non-hydrogen) atoms. The van der Waals surface area contributed by atoms with Crippen LogP contribution in [0, 0.1) is 3.57 Å². The zero-order chi connectivity index (χ0) is 23.6. The molecule has 7 nitrogen and oxygen atoms in total. The molecule has 9 heteroatoms. The van der Waals surface area contributed by atoms with Crippen LogP contribution in [0.25, 0.3) is 11.0 Å². The number of rotatable bonds is 6. The van der Waals surface area contributed by atoms with Gasteiger partial charge in [0, 0.05) is 23.0 Å². The molecule has 4 aromatic rings. The molecule has 0 unspecified atom stereocenters. The zero-order valence-electron chi connectivity index (χ0n) is 17.9. The summed E-state index contributed by atoms with van der Waals surface area (Å²) < 4.78 is 30.0. The Hall–Kier alpha value is -3.05. The maximum absolute atomic E-state index is 13.4. The number of benzene rings is 3. The molecule has 0 radical (unpaired) electrons. The lowest BCUT2D eigenvalue weighted by molar-refractivity contribution is 0.0743. The van der Waals surface area contributed by atoms with Crippen molar-refractivity contribution in [3.8, 4) is 0 Å². The first-order valence-corrected chi connectivity index (χ1v) is 12.7. The molecule has 0 saturated carbocycles. The minimum absolute atomic E-state index is 0.00336. The number of aromatic nitrogens is 2. The number of nitrogens with one attached hydrogen (secondary N) is 1. The third-order valence-electron chi connectivity index (χ3n) is 5.39. The van der Waals surface area contributed by atoms with Gasteiger partial charge in [-0.1, -0.05) is 36.4 Å². The molecule has 0 bridgehead atoms. The molecule has 0 aliphatic rings. The van der Waals surface area contributed by atoms with Crippen LogP contribution in [0.15, 0.2) is 84.0 Å². The lowest BCUT2D eigenvalue weighted by Crippen LogP contribution is -2.30. The zero-order valence-corrected chi connectivity index (χ0v) is 20.9. The number of anilines is 1. The smallest absolute Gasteiger partial charge is 0.264 e. The highest BCUT2D eigenvalue weighted by Gasteiger charge is 2.25. The second-order valence-electron chi connectivity index (χ2n) is 7.48. The summed E-state index contributed by atoms with van der Waals surface area (Å²) in [4.78, 5) is 23.4. The summed E-state index contributed by atoms with van der Waals surface area (Å²) in [5, 5.41) is 0. The number of carbonyl (C=O) groups excluding carboxylic acids is 1. The fourth-order valence-corrected chi connectivity index (χ4v) is 5.22. The Morgan fingerprint density at radius 3 is 2.48 bits per heavy atom. The molecule has 1 heterocycles. The van der Waals surface area contributed by atoms with E-state index in [1.54, 1.807) is 42.3 Å². The topological polar surface area (TPSA) is 92.3 Å². The van der Waals surface area contributed by atoms with E-state index in [-0.39, 0.29) is 33.6 Å². The first kappa shape index (κ1) is 23.1. The molecular formula is C24H21IN4O3S. The first-order chi connectivity index (χ1) is 15.8. The summed E-state index contributed by atoms with van der Waals surface area (Å²) in [5.74, 6) is -0.293. The molecule has 1 atom stereocenters. The van der Waals surface area contributed by atoms with Gasteiger partial charge in [-0.3, -0.25) is 19.5 Å². The summed E-state index contributed by atoms with van der Waals surface area (Å²) in [6.07, 6.45) is 2.95. The maximum atomic E-state index is 13.4. The van der Waals surface area contributed by atoms with Gasteiger partial charge in [0.25, 0.3) is 15.9 Å². The summed E-state index contributed by atoms with van der Waals surface area (Å²) in [7, 11) is -2.33. The lowest BCUT2D eigenvalue weighted by atomic mass is 10.1. The minimum atomic E-state index is -4.04. The number of amides is 1. The van der Waals surface area contributed by atoms with Crippen LogP contribution in [-0.2, 0) is 10.0 Å². The quantitative estimate of drug-likeness (QED) is 0.333. The molecule has 1 aromatic heterocycles. The number of hydrogen-bond donors (Lipinski definition) is 1. The van der Waals surface area contributed by atoms with Gasteiger partial charge in [0.05, 0.1) is 22.8 Å². The van der Waals surface area contributed by atoms with E-state index in [2.05, 4.69) is 37.3 Å². The van der Waals surface area contributed by atoms with E-state index in [1.807, 2.05) is 37.3 Å². The molecule has 0 aliphatic carbocycles. The largest absolute Gasteiger partial charge is 0.335 e.